The number of carbonyl (C=O) groups is 1. The third kappa shape index (κ3) is 5.49. The number of ether oxygens (including phenoxy) is 1. The molecule has 0 saturated carbocycles. The molecule has 174 valence electrons. The van der Waals surface area contributed by atoms with Crippen molar-refractivity contribution in [3.63, 3.8) is 0 Å². The van der Waals surface area contributed by atoms with Crippen LogP contribution >= 0.6 is 11.6 Å². The first-order valence-electron chi connectivity index (χ1n) is 11.2. The lowest BCUT2D eigenvalue weighted by molar-refractivity contribution is 0.102. The van der Waals surface area contributed by atoms with E-state index < -0.39 is 0 Å². The largest absolute Gasteiger partial charge is 0.489 e. The standard InChI is InChI=1S/C28H28ClN3O2/c1-18-11-12-26(19(2)13-18)34-17-23-8-5-9-24(14-23)28(33)30-27-20(3)31-32(21(27)4)16-22-7-6-10-25(29)15-22/h5-15H,16-17H2,1-4H3,(H,30,33). The van der Waals surface area contributed by atoms with E-state index in [1.165, 1.54) is 5.56 Å². The lowest BCUT2D eigenvalue weighted by Crippen LogP contribution is -2.14. The van der Waals surface area contributed by atoms with Gasteiger partial charge in [-0.15, -0.1) is 0 Å². The van der Waals surface area contributed by atoms with Crippen LogP contribution in [0.5, 0.6) is 5.75 Å². The number of halogens is 1. The van der Waals surface area contributed by atoms with Crippen molar-refractivity contribution < 1.29 is 9.53 Å². The second kappa shape index (κ2) is 10.1. The molecule has 1 amide bonds. The monoisotopic (exact) mass is 473 g/mol. The Morgan fingerprint density at radius 3 is 2.50 bits per heavy atom. The molecule has 0 aliphatic carbocycles. The average molecular weight is 474 g/mol. The van der Waals surface area contributed by atoms with Gasteiger partial charge in [0.15, 0.2) is 0 Å². The normalized spacial score (nSPS) is 10.9. The van der Waals surface area contributed by atoms with E-state index in [-0.39, 0.29) is 5.91 Å². The second-order valence-corrected chi connectivity index (χ2v) is 8.98. The molecule has 34 heavy (non-hydrogen) atoms. The third-order valence-corrected chi connectivity index (χ3v) is 5.99. The van der Waals surface area contributed by atoms with Gasteiger partial charge >= 0.3 is 0 Å². The molecule has 0 fully saturated rings. The van der Waals surface area contributed by atoms with Crippen molar-refractivity contribution in [2.24, 2.45) is 0 Å². The van der Waals surface area contributed by atoms with Crippen molar-refractivity contribution in [3.05, 3.63) is 111 Å². The topological polar surface area (TPSA) is 56.1 Å². The second-order valence-electron chi connectivity index (χ2n) is 8.55. The molecule has 4 rings (SSSR count). The van der Waals surface area contributed by atoms with Crippen molar-refractivity contribution >= 4 is 23.2 Å². The highest BCUT2D eigenvalue weighted by Crippen LogP contribution is 2.23. The van der Waals surface area contributed by atoms with Crippen molar-refractivity contribution in [2.45, 2.75) is 40.8 Å². The number of rotatable bonds is 7. The van der Waals surface area contributed by atoms with Crippen LogP contribution in [0, 0.1) is 27.7 Å². The highest BCUT2D eigenvalue weighted by molar-refractivity contribution is 6.30. The number of hydrogen-bond donors (Lipinski definition) is 1. The smallest absolute Gasteiger partial charge is 0.255 e. The van der Waals surface area contributed by atoms with Crippen LogP contribution < -0.4 is 10.1 Å². The molecule has 3 aromatic carbocycles. The van der Waals surface area contributed by atoms with Crippen molar-refractivity contribution in [1.29, 1.82) is 0 Å². The third-order valence-electron chi connectivity index (χ3n) is 5.76. The van der Waals surface area contributed by atoms with E-state index in [9.17, 15) is 4.79 Å². The number of hydrogen-bond acceptors (Lipinski definition) is 3. The van der Waals surface area contributed by atoms with E-state index in [2.05, 4.69) is 23.4 Å². The summed E-state index contributed by atoms with van der Waals surface area (Å²) in [5.41, 5.74) is 7.22. The van der Waals surface area contributed by atoms with E-state index in [0.717, 1.165) is 39.5 Å². The van der Waals surface area contributed by atoms with Crippen LogP contribution in [0.2, 0.25) is 5.02 Å². The first kappa shape index (κ1) is 23.6. The van der Waals surface area contributed by atoms with Gasteiger partial charge in [-0.3, -0.25) is 9.48 Å². The van der Waals surface area contributed by atoms with Gasteiger partial charge in [-0.1, -0.05) is 53.6 Å². The van der Waals surface area contributed by atoms with Gasteiger partial charge in [0.1, 0.15) is 12.4 Å². The van der Waals surface area contributed by atoms with Crippen LogP contribution in [0.3, 0.4) is 0 Å². The summed E-state index contributed by atoms with van der Waals surface area (Å²) in [5.74, 6) is 0.667. The molecule has 1 aromatic heterocycles. The Kier molecular flexibility index (Phi) is 7.03. The molecule has 6 heteroatoms. The van der Waals surface area contributed by atoms with E-state index in [1.54, 1.807) is 6.07 Å². The Balaban J connectivity index is 1.46. The summed E-state index contributed by atoms with van der Waals surface area (Å²) < 4.78 is 7.86. The summed E-state index contributed by atoms with van der Waals surface area (Å²) in [7, 11) is 0. The van der Waals surface area contributed by atoms with E-state index in [1.807, 2.05) is 80.1 Å². The number of aromatic nitrogens is 2. The maximum absolute atomic E-state index is 13.0. The molecule has 4 aromatic rings. The van der Waals surface area contributed by atoms with Crippen molar-refractivity contribution in [3.8, 4) is 5.75 Å². The summed E-state index contributed by atoms with van der Waals surface area (Å²) in [6, 6.07) is 21.3. The first-order chi connectivity index (χ1) is 16.3. The highest BCUT2D eigenvalue weighted by Gasteiger charge is 2.16. The number of anilines is 1. The molecule has 1 heterocycles. The van der Waals surface area contributed by atoms with Gasteiger partial charge in [-0.25, -0.2) is 0 Å². The summed E-state index contributed by atoms with van der Waals surface area (Å²) in [4.78, 5) is 13.0. The lowest BCUT2D eigenvalue weighted by atomic mass is 10.1. The molecular weight excluding hydrogens is 446 g/mol. The molecule has 0 unspecified atom stereocenters. The molecule has 5 nitrogen and oxygen atoms in total. The van der Waals surface area contributed by atoms with E-state index in [4.69, 9.17) is 16.3 Å². The minimum absolute atomic E-state index is 0.179. The zero-order chi connectivity index (χ0) is 24.2. The molecule has 0 aliphatic heterocycles. The number of nitrogens with one attached hydrogen (secondary N) is 1. The van der Waals surface area contributed by atoms with E-state index in [0.29, 0.717) is 23.7 Å². The van der Waals surface area contributed by atoms with Gasteiger partial charge in [0.2, 0.25) is 0 Å². The Labute approximate surface area is 205 Å². The first-order valence-corrected chi connectivity index (χ1v) is 11.6. The summed E-state index contributed by atoms with van der Waals surface area (Å²) >= 11 is 6.11. The quantitative estimate of drug-likeness (QED) is 0.327. The molecule has 0 spiro atoms. The van der Waals surface area contributed by atoms with Crippen LogP contribution in [0.25, 0.3) is 0 Å². The van der Waals surface area contributed by atoms with Gasteiger partial charge in [-0.2, -0.15) is 5.10 Å². The molecular formula is C28H28ClN3O2. The Bertz CT molecular complexity index is 1340. The van der Waals surface area contributed by atoms with Gasteiger partial charge in [0.25, 0.3) is 5.91 Å². The number of benzene rings is 3. The number of carbonyl (C=O) groups excluding carboxylic acids is 1. The van der Waals surface area contributed by atoms with Crippen LogP contribution in [0.15, 0.2) is 66.7 Å². The van der Waals surface area contributed by atoms with Gasteiger partial charge in [-0.05, 0) is 74.7 Å². The number of nitrogens with zero attached hydrogens (tertiary/aromatic N) is 2. The summed E-state index contributed by atoms with van der Waals surface area (Å²) in [6.45, 7) is 8.90. The molecule has 0 aliphatic rings. The van der Waals surface area contributed by atoms with Gasteiger partial charge in [0.05, 0.1) is 23.6 Å². The SMILES string of the molecule is Cc1ccc(OCc2cccc(C(=O)Nc3c(C)nn(Cc4cccc(Cl)c4)c3C)c2)c(C)c1. The summed E-state index contributed by atoms with van der Waals surface area (Å²) in [5, 5.41) is 8.34. The maximum atomic E-state index is 13.0. The predicted molar refractivity (Wildman–Crippen MR) is 137 cm³/mol. The molecule has 0 bridgehead atoms. The fraction of sp³-hybridized carbons (Fsp3) is 0.214. The Morgan fingerprint density at radius 2 is 1.74 bits per heavy atom. The Morgan fingerprint density at radius 1 is 0.971 bits per heavy atom. The fourth-order valence-corrected chi connectivity index (χ4v) is 4.16. The van der Waals surface area contributed by atoms with Gasteiger partial charge in [0, 0.05) is 10.6 Å². The van der Waals surface area contributed by atoms with E-state index >= 15 is 0 Å². The lowest BCUT2D eigenvalue weighted by Gasteiger charge is -2.11. The van der Waals surface area contributed by atoms with Crippen molar-refractivity contribution in [1.82, 2.24) is 9.78 Å². The number of aryl methyl sites for hydroxylation is 3. The molecule has 0 radical (unpaired) electrons. The minimum atomic E-state index is -0.179. The van der Waals surface area contributed by atoms with Crippen LogP contribution in [-0.4, -0.2) is 15.7 Å². The zero-order valence-electron chi connectivity index (χ0n) is 19.9. The van der Waals surface area contributed by atoms with Crippen LogP contribution in [0.4, 0.5) is 5.69 Å². The molecule has 0 atom stereocenters. The predicted octanol–water partition coefficient (Wildman–Crippen LogP) is 6.65. The van der Waals surface area contributed by atoms with Crippen molar-refractivity contribution in [2.75, 3.05) is 5.32 Å². The molecule has 0 saturated heterocycles. The van der Waals surface area contributed by atoms with Crippen LogP contribution in [0.1, 0.15) is 44.0 Å². The summed E-state index contributed by atoms with van der Waals surface area (Å²) in [6.07, 6.45) is 0. The van der Waals surface area contributed by atoms with Crippen LogP contribution in [-0.2, 0) is 13.2 Å². The highest BCUT2D eigenvalue weighted by atomic mass is 35.5. The van der Waals surface area contributed by atoms with Gasteiger partial charge < -0.3 is 10.1 Å². The number of amides is 1. The Hall–Kier alpha value is -3.57. The molecule has 1 N–H and O–H groups in total. The zero-order valence-corrected chi connectivity index (χ0v) is 20.6. The minimum Gasteiger partial charge on any atom is -0.489 e. The fourth-order valence-electron chi connectivity index (χ4n) is 3.95. The average Bonchev–Trinajstić information content (AvgIpc) is 3.06. The maximum Gasteiger partial charge on any atom is 0.255 e.